The van der Waals surface area contributed by atoms with Crippen molar-refractivity contribution in [1.29, 1.82) is 0 Å². The standard InChI is InChI=1S/C18H30N2O2/c1-6-15(7-2)19-13-16(14-11-9-8-10-12-14)20-17(21)22-18(3,4)5/h8-12,15-16,19H,6-7,13H2,1-5H3,(H,20,21). The van der Waals surface area contributed by atoms with Crippen LogP contribution in [0.5, 0.6) is 0 Å². The number of ether oxygens (including phenoxy) is 1. The third-order valence-corrected chi connectivity index (χ3v) is 3.49. The molecule has 0 fully saturated rings. The number of carbonyl (C=O) groups is 1. The zero-order valence-corrected chi connectivity index (χ0v) is 14.5. The van der Waals surface area contributed by atoms with Crippen molar-refractivity contribution in [1.82, 2.24) is 10.6 Å². The van der Waals surface area contributed by atoms with Crippen molar-refractivity contribution in [3.05, 3.63) is 35.9 Å². The van der Waals surface area contributed by atoms with Crippen molar-refractivity contribution in [3.63, 3.8) is 0 Å². The fourth-order valence-electron chi connectivity index (χ4n) is 2.25. The van der Waals surface area contributed by atoms with Gasteiger partial charge in [-0.15, -0.1) is 0 Å². The molecule has 2 N–H and O–H groups in total. The first-order chi connectivity index (χ1) is 10.4. The van der Waals surface area contributed by atoms with Gasteiger partial charge in [0.15, 0.2) is 0 Å². The summed E-state index contributed by atoms with van der Waals surface area (Å²) < 4.78 is 5.37. The summed E-state index contributed by atoms with van der Waals surface area (Å²) in [6.45, 7) is 10.6. The molecule has 0 radical (unpaired) electrons. The molecule has 0 aliphatic heterocycles. The Labute approximate surface area is 134 Å². The molecule has 0 saturated heterocycles. The van der Waals surface area contributed by atoms with Crippen LogP contribution in [0.4, 0.5) is 4.79 Å². The van der Waals surface area contributed by atoms with Gasteiger partial charge >= 0.3 is 6.09 Å². The summed E-state index contributed by atoms with van der Waals surface area (Å²) in [6, 6.07) is 10.4. The largest absolute Gasteiger partial charge is 0.444 e. The highest BCUT2D eigenvalue weighted by molar-refractivity contribution is 5.68. The zero-order valence-electron chi connectivity index (χ0n) is 14.5. The van der Waals surface area contributed by atoms with Gasteiger partial charge in [-0.2, -0.15) is 0 Å². The Kier molecular flexibility index (Phi) is 7.39. The van der Waals surface area contributed by atoms with E-state index in [1.807, 2.05) is 51.1 Å². The molecule has 4 heteroatoms. The predicted molar refractivity (Wildman–Crippen MR) is 90.9 cm³/mol. The third-order valence-electron chi connectivity index (χ3n) is 3.49. The van der Waals surface area contributed by atoms with E-state index in [-0.39, 0.29) is 12.1 Å². The number of hydrogen-bond acceptors (Lipinski definition) is 3. The van der Waals surface area contributed by atoms with Gasteiger partial charge in [-0.05, 0) is 39.2 Å². The molecule has 1 atom stereocenters. The molecular weight excluding hydrogens is 276 g/mol. The summed E-state index contributed by atoms with van der Waals surface area (Å²) in [4.78, 5) is 12.1. The number of alkyl carbamates (subject to hydrolysis) is 1. The Morgan fingerprint density at radius 1 is 1.14 bits per heavy atom. The maximum atomic E-state index is 12.1. The zero-order chi connectivity index (χ0) is 16.6. The molecular formula is C18H30N2O2. The highest BCUT2D eigenvalue weighted by atomic mass is 16.6. The fourth-order valence-corrected chi connectivity index (χ4v) is 2.25. The normalized spacial score (nSPS) is 13.0. The van der Waals surface area contributed by atoms with Gasteiger partial charge in [-0.1, -0.05) is 44.2 Å². The molecule has 0 aliphatic rings. The van der Waals surface area contributed by atoms with Crippen molar-refractivity contribution >= 4 is 6.09 Å². The average molecular weight is 306 g/mol. The summed E-state index contributed by atoms with van der Waals surface area (Å²) in [5.41, 5.74) is 0.584. The molecule has 0 saturated carbocycles. The topological polar surface area (TPSA) is 50.4 Å². The van der Waals surface area contributed by atoms with Crippen LogP contribution in [0.1, 0.15) is 59.1 Å². The van der Waals surface area contributed by atoms with Crippen molar-refractivity contribution in [2.45, 2.75) is 65.1 Å². The molecule has 4 nitrogen and oxygen atoms in total. The third kappa shape index (κ3) is 6.94. The van der Waals surface area contributed by atoms with E-state index in [0.717, 1.165) is 18.4 Å². The molecule has 124 valence electrons. The quantitative estimate of drug-likeness (QED) is 0.799. The second-order valence-corrected chi connectivity index (χ2v) is 6.53. The molecule has 22 heavy (non-hydrogen) atoms. The Bertz CT molecular complexity index is 436. The molecule has 0 bridgehead atoms. The van der Waals surface area contributed by atoms with Crippen LogP contribution in [0.3, 0.4) is 0 Å². The highest BCUT2D eigenvalue weighted by Crippen LogP contribution is 2.14. The van der Waals surface area contributed by atoms with E-state index in [0.29, 0.717) is 12.6 Å². The minimum atomic E-state index is -0.492. The smallest absolute Gasteiger partial charge is 0.408 e. The molecule has 0 aliphatic carbocycles. The second kappa shape index (κ2) is 8.79. The molecule has 0 heterocycles. The van der Waals surface area contributed by atoms with E-state index in [4.69, 9.17) is 4.74 Å². The van der Waals surface area contributed by atoms with Gasteiger partial charge in [0.2, 0.25) is 0 Å². The minimum absolute atomic E-state index is 0.100. The Morgan fingerprint density at radius 2 is 1.73 bits per heavy atom. The van der Waals surface area contributed by atoms with E-state index < -0.39 is 5.60 Å². The lowest BCUT2D eigenvalue weighted by atomic mass is 10.1. The molecule has 1 amide bonds. The number of amides is 1. The molecule has 0 spiro atoms. The second-order valence-electron chi connectivity index (χ2n) is 6.53. The van der Waals surface area contributed by atoms with Gasteiger partial charge in [0.25, 0.3) is 0 Å². The van der Waals surface area contributed by atoms with E-state index in [1.165, 1.54) is 0 Å². The van der Waals surface area contributed by atoms with Crippen LogP contribution in [-0.4, -0.2) is 24.3 Å². The number of benzene rings is 1. The van der Waals surface area contributed by atoms with Crippen LogP contribution in [-0.2, 0) is 4.74 Å². The summed E-state index contributed by atoms with van der Waals surface area (Å²) >= 11 is 0. The monoisotopic (exact) mass is 306 g/mol. The molecule has 1 rings (SSSR count). The van der Waals surface area contributed by atoms with E-state index in [1.54, 1.807) is 0 Å². The van der Waals surface area contributed by atoms with Crippen LogP contribution >= 0.6 is 0 Å². The minimum Gasteiger partial charge on any atom is -0.444 e. The van der Waals surface area contributed by atoms with E-state index >= 15 is 0 Å². The summed E-state index contributed by atoms with van der Waals surface area (Å²) in [5.74, 6) is 0. The first-order valence-corrected chi connectivity index (χ1v) is 8.13. The van der Waals surface area contributed by atoms with Crippen LogP contribution in [0.25, 0.3) is 0 Å². The van der Waals surface area contributed by atoms with Gasteiger partial charge in [-0.3, -0.25) is 0 Å². The fraction of sp³-hybridized carbons (Fsp3) is 0.611. The van der Waals surface area contributed by atoms with Gasteiger partial charge in [-0.25, -0.2) is 4.79 Å². The summed E-state index contributed by atoms with van der Waals surface area (Å²) in [6.07, 6.45) is 1.77. The van der Waals surface area contributed by atoms with Gasteiger partial charge in [0.05, 0.1) is 6.04 Å². The number of hydrogen-bond donors (Lipinski definition) is 2. The number of carbonyl (C=O) groups excluding carboxylic acids is 1. The van der Waals surface area contributed by atoms with E-state index in [9.17, 15) is 4.79 Å². The Balaban J connectivity index is 2.72. The van der Waals surface area contributed by atoms with Crippen molar-refractivity contribution in [2.75, 3.05) is 6.54 Å². The van der Waals surface area contributed by atoms with Crippen molar-refractivity contribution < 1.29 is 9.53 Å². The van der Waals surface area contributed by atoms with Gasteiger partial charge in [0.1, 0.15) is 5.60 Å². The summed E-state index contributed by atoms with van der Waals surface area (Å²) in [7, 11) is 0. The van der Waals surface area contributed by atoms with E-state index in [2.05, 4.69) is 24.5 Å². The first kappa shape index (κ1) is 18.5. The summed E-state index contributed by atoms with van der Waals surface area (Å²) in [5, 5.41) is 6.49. The highest BCUT2D eigenvalue weighted by Gasteiger charge is 2.20. The lowest BCUT2D eigenvalue weighted by Crippen LogP contribution is -2.41. The Morgan fingerprint density at radius 3 is 2.23 bits per heavy atom. The Hall–Kier alpha value is -1.55. The number of rotatable bonds is 7. The lowest BCUT2D eigenvalue weighted by Gasteiger charge is -2.25. The maximum Gasteiger partial charge on any atom is 0.408 e. The van der Waals surface area contributed by atoms with Crippen LogP contribution in [0, 0.1) is 0 Å². The molecule has 1 aromatic rings. The van der Waals surface area contributed by atoms with Crippen LogP contribution < -0.4 is 10.6 Å². The van der Waals surface area contributed by atoms with Crippen molar-refractivity contribution in [2.24, 2.45) is 0 Å². The van der Waals surface area contributed by atoms with Gasteiger partial charge < -0.3 is 15.4 Å². The molecule has 0 aromatic heterocycles. The molecule has 1 unspecified atom stereocenters. The lowest BCUT2D eigenvalue weighted by molar-refractivity contribution is 0.0502. The average Bonchev–Trinajstić information content (AvgIpc) is 2.46. The van der Waals surface area contributed by atoms with Crippen LogP contribution in [0.2, 0.25) is 0 Å². The predicted octanol–water partition coefficient (Wildman–Crippen LogP) is 4.03. The molecule has 1 aromatic carbocycles. The SMILES string of the molecule is CCC(CC)NCC(NC(=O)OC(C)(C)C)c1ccccc1. The first-order valence-electron chi connectivity index (χ1n) is 8.13. The van der Waals surface area contributed by atoms with Crippen LogP contribution in [0.15, 0.2) is 30.3 Å². The maximum absolute atomic E-state index is 12.1. The van der Waals surface area contributed by atoms with Crippen molar-refractivity contribution in [3.8, 4) is 0 Å². The van der Waals surface area contributed by atoms with Gasteiger partial charge in [0, 0.05) is 12.6 Å². The number of nitrogens with one attached hydrogen (secondary N) is 2.